The fourth-order valence-electron chi connectivity index (χ4n) is 4.40. The van der Waals surface area contributed by atoms with Crippen LogP contribution in [0.5, 0.6) is 0 Å². The highest BCUT2D eigenvalue weighted by Crippen LogP contribution is 2.29. The number of H-pyrrole nitrogens is 1. The molecule has 33 heavy (non-hydrogen) atoms. The summed E-state index contributed by atoms with van der Waals surface area (Å²) in [7, 11) is 1.63. The first-order valence-electron chi connectivity index (χ1n) is 10.6. The van der Waals surface area contributed by atoms with E-state index in [0.29, 0.717) is 30.0 Å². The van der Waals surface area contributed by atoms with Crippen LogP contribution in [0.2, 0.25) is 0 Å². The van der Waals surface area contributed by atoms with Crippen molar-refractivity contribution in [3.63, 3.8) is 0 Å². The first kappa shape index (κ1) is 20.9. The number of aromatic amines is 1. The van der Waals surface area contributed by atoms with Gasteiger partial charge in [-0.2, -0.15) is 0 Å². The Kier molecular flexibility index (Phi) is 5.18. The van der Waals surface area contributed by atoms with E-state index in [-0.39, 0.29) is 30.7 Å². The van der Waals surface area contributed by atoms with Crippen molar-refractivity contribution >= 4 is 40.2 Å². The normalized spacial score (nSPS) is 17.9. The lowest BCUT2D eigenvalue weighted by atomic mass is 10.0. The number of amides is 4. The van der Waals surface area contributed by atoms with Crippen molar-refractivity contribution < 1.29 is 23.9 Å². The monoisotopic (exact) mass is 446 g/mol. The summed E-state index contributed by atoms with van der Waals surface area (Å²) in [6.07, 6.45) is 0.510. The second-order valence-electron chi connectivity index (χ2n) is 8.26. The van der Waals surface area contributed by atoms with Gasteiger partial charge in [0.1, 0.15) is 11.7 Å². The molecule has 1 saturated heterocycles. The number of imide groups is 1. The maximum atomic E-state index is 12.8. The summed E-state index contributed by atoms with van der Waals surface area (Å²) in [5.74, 6) is -1.32. The van der Waals surface area contributed by atoms with E-state index in [1.165, 1.54) is 4.90 Å². The van der Waals surface area contributed by atoms with Crippen LogP contribution in [-0.2, 0) is 27.5 Å². The molecule has 4 amide bonds. The fourth-order valence-corrected chi connectivity index (χ4v) is 4.40. The van der Waals surface area contributed by atoms with Crippen molar-refractivity contribution in [3.8, 4) is 0 Å². The van der Waals surface area contributed by atoms with Gasteiger partial charge in [-0.25, -0.2) is 0 Å². The zero-order valence-electron chi connectivity index (χ0n) is 17.9. The van der Waals surface area contributed by atoms with Crippen LogP contribution in [-0.4, -0.2) is 46.7 Å². The highest BCUT2D eigenvalue weighted by atomic mass is 16.5. The average molecular weight is 446 g/mol. The molecule has 0 radical (unpaired) electrons. The molecule has 0 saturated carbocycles. The van der Waals surface area contributed by atoms with Crippen LogP contribution < -0.4 is 10.6 Å². The quantitative estimate of drug-likeness (QED) is 0.520. The molecule has 3 aromatic rings. The van der Waals surface area contributed by atoms with Gasteiger partial charge in [-0.05, 0) is 47.9 Å². The Labute approximate surface area is 189 Å². The second-order valence-corrected chi connectivity index (χ2v) is 8.26. The van der Waals surface area contributed by atoms with Crippen molar-refractivity contribution in [1.82, 2.24) is 15.2 Å². The molecule has 3 heterocycles. The molecular formula is C24H22N4O5. The summed E-state index contributed by atoms with van der Waals surface area (Å²) in [6, 6.07) is 12.0. The molecule has 0 spiro atoms. The number of nitrogens with zero attached hydrogens (tertiary/aromatic N) is 1. The van der Waals surface area contributed by atoms with Crippen LogP contribution in [0.4, 0.5) is 5.69 Å². The zero-order chi connectivity index (χ0) is 23.1. The minimum absolute atomic E-state index is 0.204. The molecule has 0 bridgehead atoms. The number of nitrogens with one attached hydrogen (secondary N) is 3. The van der Waals surface area contributed by atoms with Crippen molar-refractivity contribution in [2.75, 3.05) is 12.4 Å². The molecule has 2 aliphatic heterocycles. The van der Waals surface area contributed by atoms with Crippen LogP contribution >= 0.6 is 0 Å². The summed E-state index contributed by atoms with van der Waals surface area (Å²) in [6.45, 7) is 0.735. The number of rotatable bonds is 5. The molecule has 1 aromatic heterocycles. The maximum Gasteiger partial charge on any atom is 0.272 e. The molecule has 1 unspecified atom stereocenters. The molecule has 9 nitrogen and oxygen atoms in total. The van der Waals surface area contributed by atoms with Crippen LogP contribution in [0.3, 0.4) is 0 Å². The summed E-state index contributed by atoms with van der Waals surface area (Å²) >= 11 is 0. The molecule has 2 aliphatic rings. The highest BCUT2D eigenvalue weighted by molar-refractivity contribution is 6.07. The molecule has 168 valence electrons. The van der Waals surface area contributed by atoms with E-state index in [2.05, 4.69) is 15.6 Å². The molecule has 3 N–H and O–H groups in total. The first-order chi connectivity index (χ1) is 15.9. The third-order valence-corrected chi connectivity index (χ3v) is 6.02. The van der Waals surface area contributed by atoms with Crippen molar-refractivity contribution in [1.29, 1.82) is 0 Å². The summed E-state index contributed by atoms with van der Waals surface area (Å²) in [5.41, 5.74) is 4.03. The van der Waals surface area contributed by atoms with Gasteiger partial charge in [0, 0.05) is 42.2 Å². The van der Waals surface area contributed by atoms with Crippen LogP contribution in [0.25, 0.3) is 10.9 Å². The number of carbonyl (C=O) groups excluding carboxylic acids is 4. The molecule has 1 atom stereocenters. The van der Waals surface area contributed by atoms with Crippen molar-refractivity contribution in [2.24, 2.45) is 0 Å². The molecule has 9 heteroatoms. The molecule has 2 aromatic carbocycles. The highest BCUT2D eigenvalue weighted by Gasteiger charge is 2.39. The minimum atomic E-state index is -0.671. The topological polar surface area (TPSA) is 121 Å². The van der Waals surface area contributed by atoms with Crippen LogP contribution in [0.1, 0.15) is 44.8 Å². The minimum Gasteiger partial charge on any atom is -0.380 e. The standard InChI is InChI=1S/C24H22N4O5/c1-33-12-13-2-3-14-10-19(26-18(14)8-13)22(30)25-16-4-5-17-15(9-16)11-28(24(17)32)20-6-7-21(29)27-23(20)31/h2-5,8-10,20,26H,6-7,11-12H2,1H3,(H,25,30)(H,27,29,31). The van der Waals surface area contributed by atoms with E-state index in [1.54, 1.807) is 31.4 Å². The first-order valence-corrected chi connectivity index (χ1v) is 10.6. The Balaban J connectivity index is 1.32. The number of ether oxygens (including phenoxy) is 1. The van der Waals surface area contributed by atoms with Gasteiger partial charge in [-0.1, -0.05) is 12.1 Å². The number of hydrogen-bond donors (Lipinski definition) is 3. The van der Waals surface area contributed by atoms with E-state index >= 15 is 0 Å². The van der Waals surface area contributed by atoms with Gasteiger partial charge in [0.25, 0.3) is 11.8 Å². The predicted octanol–water partition coefficient (Wildman–Crippen LogP) is 2.33. The smallest absolute Gasteiger partial charge is 0.272 e. The predicted molar refractivity (Wildman–Crippen MR) is 119 cm³/mol. The Bertz CT molecular complexity index is 1310. The number of anilines is 1. The van der Waals surface area contributed by atoms with Gasteiger partial charge >= 0.3 is 0 Å². The lowest BCUT2D eigenvalue weighted by Crippen LogP contribution is -2.52. The average Bonchev–Trinajstić information content (AvgIpc) is 3.35. The number of benzene rings is 2. The summed E-state index contributed by atoms with van der Waals surface area (Å²) in [5, 5.41) is 6.07. The van der Waals surface area contributed by atoms with Crippen molar-refractivity contribution in [2.45, 2.75) is 32.0 Å². The van der Waals surface area contributed by atoms with E-state index < -0.39 is 11.9 Å². The zero-order valence-corrected chi connectivity index (χ0v) is 17.9. The number of fused-ring (bicyclic) bond motifs is 2. The number of hydrogen-bond acceptors (Lipinski definition) is 5. The Morgan fingerprint density at radius 2 is 2.00 bits per heavy atom. The third kappa shape index (κ3) is 3.87. The lowest BCUT2D eigenvalue weighted by Gasteiger charge is -2.29. The SMILES string of the molecule is COCc1ccc2cc(C(=O)Nc3ccc4c(c3)CN(C3CCC(=O)NC3=O)C4=O)[nH]c2c1. The van der Waals surface area contributed by atoms with E-state index in [0.717, 1.165) is 22.0 Å². The number of piperidine rings is 1. The Morgan fingerprint density at radius 1 is 1.15 bits per heavy atom. The van der Waals surface area contributed by atoms with E-state index in [9.17, 15) is 19.2 Å². The van der Waals surface area contributed by atoms with Crippen molar-refractivity contribution in [3.05, 3.63) is 64.8 Å². The number of methoxy groups -OCH3 is 1. The Morgan fingerprint density at radius 3 is 2.79 bits per heavy atom. The van der Waals surface area contributed by atoms with Gasteiger partial charge in [0.05, 0.1) is 6.61 Å². The number of aromatic nitrogens is 1. The lowest BCUT2D eigenvalue weighted by molar-refractivity contribution is -0.136. The van der Waals surface area contributed by atoms with Crippen LogP contribution in [0, 0.1) is 0 Å². The molecule has 0 aliphatic carbocycles. The summed E-state index contributed by atoms with van der Waals surface area (Å²) < 4.78 is 5.15. The van der Waals surface area contributed by atoms with Crippen LogP contribution in [0.15, 0.2) is 42.5 Å². The number of carbonyl (C=O) groups is 4. The molecule has 5 rings (SSSR count). The maximum absolute atomic E-state index is 12.8. The summed E-state index contributed by atoms with van der Waals surface area (Å²) in [4.78, 5) is 53.8. The Hall–Kier alpha value is -3.98. The third-order valence-electron chi connectivity index (χ3n) is 6.02. The van der Waals surface area contributed by atoms with E-state index in [4.69, 9.17) is 4.74 Å². The molecular weight excluding hydrogens is 424 g/mol. The van der Waals surface area contributed by atoms with Gasteiger partial charge in [-0.3, -0.25) is 24.5 Å². The van der Waals surface area contributed by atoms with Gasteiger partial charge in [0.2, 0.25) is 11.8 Å². The second kappa shape index (κ2) is 8.18. The van der Waals surface area contributed by atoms with Gasteiger partial charge < -0.3 is 19.9 Å². The molecule has 1 fully saturated rings. The van der Waals surface area contributed by atoms with Gasteiger partial charge in [-0.15, -0.1) is 0 Å². The largest absolute Gasteiger partial charge is 0.380 e. The van der Waals surface area contributed by atoms with Gasteiger partial charge in [0.15, 0.2) is 0 Å². The fraction of sp³-hybridized carbons (Fsp3) is 0.250. The van der Waals surface area contributed by atoms with E-state index in [1.807, 2.05) is 18.2 Å².